The van der Waals surface area contributed by atoms with Crippen LogP contribution >= 0.6 is 11.8 Å². The molecule has 0 unspecified atom stereocenters. The van der Waals surface area contributed by atoms with E-state index in [2.05, 4.69) is 33.8 Å². The van der Waals surface area contributed by atoms with Crippen molar-refractivity contribution in [3.63, 3.8) is 0 Å². The van der Waals surface area contributed by atoms with Crippen molar-refractivity contribution < 1.29 is 0 Å². The zero-order chi connectivity index (χ0) is 14.2. The normalized spacial score (nSPS) is 10.3. The van der Waals surface area contributed by atoms with Crippen LogP contribution in [0, 0.1) is 0 Å². The van der Waals surface area contributed by atoms with Gasteiger partial charge in [-0.2, -0.15) is 11.8 Å². The standard InChI is InChI=1S/C15H20N4S/c1-3-16-13-11-14(17-9-10-20-2)19-15(18-13)12-7-5-4-6-8-12/h4-8,11H,3,9-10H2,1-2H3,(H2,16,17,18,19). The van der Waals surface area contributed by atoms with E-state index in [-0.39, 0.29) is 0 Å². The van der Waals surface area contributed by atoms with Crippen LogP contribution in [0.2, 0.25) is 0 Å². The van der Waals surface area contributed by atoms with Crippen molar-refractivity contribution in [1.82, 2.24) is 9.97 Å². The largest absolute Gasteiger partial charge is 0.370 e. The quantitative estimate of drug-likeness (QED) is 0.765. The fraction of sp³-hybridized carbons (Fsp3) is 0.333. The number of anilines is 2. The predicted octanol–water partition coefficient (Wildman–Crippen LogP) is 3.35. The Morgan fingerprint density at radius 2 is 1.75 bits per heavy atom. The van der Waals surface area contributed by atoms with Gasteiger partial charge in [0, 0.05) is 30.5 Å². The Morgan fingerprint density at radius 1 is 1.05 bits per heavy atom. The molecule has 0 bridgehead atoms. The molecular weight excluding hydrogens is 268 g/mol. The maximum atomic E-state index is 4.59. The van der Waals surface area contributed by atoms with Gasteiger partial charge in [-0.1, -0.05) is 30.3 Å². The molecule has 4 nitrogen and oxygen atoms in total. The molecule has 1 aromatic carbocycles. The molecule has 2 rings (SSSR count). The highest BCUT2D eigenvalue weighted by Crippen LogP contribution is 2.20. The first-order chi connectivity index (χ1) is 9.83. The van der Waals surface area contributed by atoms with E-state index in [1.165, 1.54) is 0 Å². The van der Waals surface area contributed by atoms with E-state index in [0.717, 1.165) is 41.9 Å². The third kappa shape index (κ3) is 4.13. The van der Waals surface area contributed by atoms with Crippen molar-refractivity contribution in [1.29, 1.82) is 0 Å². The lowest BCUT2D eigenvalue weighted by atomic mass is 10.2. The summed E-state index contributed by atoms with van der Waals surface area (Å²) in [6.07, 6.45) is 2.10. The number of benzene rings is 1. The number of nitrogens with one attached hydrogen (secondary N) is 2. The summed E-state index contributed by atoms with van der Waals surface area (Å²) in [5, 5.41) is 6.59. The Bertz CT molecular complexity index is 531. The van der Waals surface area contributed by atoms with E-state index < -0.39 is 0 Å². The minimum absolute atomic E-state index is 0.746. The maximum Gasteiger partial charge on any atom is 0.163 e. The Morgan fingerprint density at radius 3 is 2.40 bits per heavy atom. The number of rotatable bonds is 7. The minimum atomic E-state index is 0.746. The average molecular weight is 288 g/mol. The predicted molar refractivity (Wildman–Crippen MR) is 88.5 cm³/mol. The molecule has 0 atom stereocenters. The minimum Gasteiger partial charge on any atom is -0.370 e. The molecule has 0 aliphatic heterocycles. The second kappa shape index (κ2) is 7.75. The van der Waals surface area contributed by atoms with Gasteiger partial charge in [-0.05, 0) is 13.2 Å². The summed E-state index contributed by atoms with van der Waals surface area (Å²) in [7, 11) is 0. The molecule has 2 aromatic rings. The lowest BCUT2D eigenvalue weighted by Crippen LogP contribution is -2.08. The zero-order valence-electron chi connectivity index (χ0n) is 11.9. The SMILES string of the molecule is CCNc1cc(NCCSC)nc(-c2ccccc2)n1. The second-order valence-electron chi connectivity index (χ2n) is 4.28. The lowest BCUT2D eigenvalue weighted by molar-refractivity contribution is 1.09. The van der Waals surface area contributed by atoms with Crippen LogP contribution in [0.5, 0.6) is 0 Å². The molecule has 20 heavy (non-hydrogen) atoms. The van der Waals surface area contributed by atoms with Crippen molar-refractivity contribution in [2.45, 2.75) is 6.92 Å². The van der Waals surface area contributed by atoms with Gasteiger partial charge in [0.05, 0.1) is 0 Å². The second-order valence-corrected chi connectivity index (χ2v) is 5.26. The summed E-state index contributed by atoms with van der Waals surface area (Å²) in [5.74, 6) is 3.52. The highest BCUT2D eigenvalue weighted by molar-refractivity contribution is 7.98. The fourth-order valence-corrected chi connectivity index (χ4v) is 2.11. The van der Waals surface area contributed by atoms with E-state index in [1.807, 2.05) is 48.2 Å². The van der Waals surface area contributed by atoms with Crippen LogP contribution in [0.25, 0.3) is 11.4 Å². The molecule has 0 aliphatic carbocycles. The Labute approximate surface area is 124 Å². The third-order valence-corrected chi connectivity index (χ3v) is 3.34. The van der Waals surface area contributed by atoms with Crippen LogP contribution in [0.4, 0.5) is 11.6 Å². The Hall–Kier alpha value is -1.75. The van der Waals surface area contributed by atoms with Gasteiger partial charge >= 0.3 is 0 Å². The van der Waals surface area contributed by atoms with Gasteiger partial charge in [-0.15, -0.1) is 0 Å². The van der Waals surface area contributed by atoms with E-state index in [1.54, 1.807) is 0 Å². The van der Waals surface area contributed by atoms with Crippen LogP contribution < -0.4 is 10.6 Å². The molecule has 0 fully saturated rings. The lowest BCUT2D eigenvalue weighted by Gasteiger charge is -2.10. The molecule has 0 radical (unpaired) electrons. The smallest absolute Gasteiger partial charge is 0.163 e. The van der Waals surface area contributed by atoms with Crippen molar-refractivity contribution in [3.8, 4) is 11.4 Å². The van der Waals surface area contributed by atoms with Crippen LogP contribution in [0.1, 0.15) is 6.92 Å². The molecule has 0 amide bonds. The third-order valence-electron chi connectivity index (χ3n) is 2.73. The van der Waals surface area contributed by atoms with E-state index >= 15 is 0 Å². The summed E-state index contributed by atoms with van der Waals surface area (Å²) >= 11 is 1.81. The molecule has 1 heterocycles. The summed E-state index contributed by atoms with van der Waals surface area (Å²) < 4.78 is 0. The van der Waals surface area contributed by atoms with Crippen LogP contribution in [-0.4, -0.2) is 35.1 Å². The number of hydrogen-bond acceptors (Lipinski definition) is 5. The van der Waals surface area contributed by atoms with Gasteiger partial charge in [0.1, 0.15) is 11.6 Å². The monoisotopic (exact) mass is 288 g/mol. The first kappa shape index (κ1) is 14.7. The number of hydrogen-bond donors (Lipinski definition) is 2. The van der Waals surface area contributed by atoms with Crippen LogP contribution in [0.3, 0.4) is 0 Å². The summed E-state index contributed by atoms with van der Waals surface area (Å²) in [5.41, 5.74) is 1.03. The van der Waals surface area contributed by atoms with Crippen molar-refractivity contribution in [2.24, 2.45) is 0 Å². The van der Waals surface area contributed by atoms with Crippen molar-refractivity contribution >= 4 is 23.4 Å². The first-order valence-corrected chi connectivity index (χ1v) is 8.14. The molecule has 5 heteroatoms. The maximum absolute atomic E-state index is 4.59. The summed E-state index contributed by atoms with van der Waals surface area (Å²) in [4.78, 5) is 9.14. The highest BCUT2D eigenvalue weighted by Gasteiger charge is 2.06. The van der Waals surface area contributed by atoms with E-state index in [0.29, 0.717) is 0 Å². The zero-order valence-corrected chi connectivity index (χ0v) is 12.7. The Kier molecular flexibility index (Phi) is 5.68. The van der Waals surface area contributed by atoms with E-state index in [9.17, 15) is 0 Å². The molecule has 0 saturated carbocycles. The number of thioether (sulfide) groups is 1. The molecule has 1 aromatic heterocycles. The number of aromatic nitrogens is 2. The molecule has 0 aliphatic rings. The van der Waals surface area contributed by atoms with Crippen molar-refractivity contribution in [3.05, 3.63) is 36.4 Å². The van der Waals surface area contributed by atoms with Gasteiger partial charge in [-0.3, -0.25) is 0 Å². The molecule has 0 saturated heterocycles. The number of nitrogens with zero attached hydrogens (tertiary/aromatic N) is 2. The van der Waals surface area contributed by atoms with Gasteiger partial charge in [-0.25, -0.2) is 9.97 Å². The van der Waals surface area contributed by atoms with E-state index in [4.69, 9.17) is 0 Å². The Balaban J connectivity index is 2.26. The fourth-order valence-electron chi connectivity index (χ4n) is 1.81. The summed E-state index contributed by atoms with van der Waals surface area (Å²) in [6.45, 7) is 3.80. The average Bonchev–Trinajstić information content (AvgIpc) is 2.49. The van der Waals surface area contributed by atoms with Crippen molar-refractivity contribution in [2.75, 3.05) is 35.7 Å². The van der Waals surface area contributed by atoms with Gasteiger partial charge in [0.25, 0.3) is 0 Å². The summed E-state index contributed by atoms with van der Waals surface area (Å²) in [6, 6.07) is 12.0. The molecule has 0 spiro atoms. The molecule has 106 valence electrons. The topological polar surface area (TPSA) is 49.8 Å². The van der Waals surface area contributed by atoms with Crippen LogP contribution in [0.15, 0.2) is 36.4 Å². The molecule has 2 N–H and O–H groups in total. The van der Waals surface area contributed by atoms with Crippen LogP contribution in [-0.2, 0) is 0 Å². The van der Waals surface area contributed by atoms with Gasteiger partial charge in [0.15, 0.2) is 5.82 Å². The molecular formula is C15H20N4S. The van der Waals surface area contributed by atoms with Gasteiger partial charge < -0.3 is 10.6 Å². The first-order valence-electron chi connectivity index (χ1n) is 6.74. The highest BCUT2D eigenvalue weighted by atomic mass is 32.2. The van der Waals surface area contributed by atoms with Gasteiger partial charge in [0.2, 0.25) is 0 Å².